The Kier molecular flexibility index (Phi) is 5.66. The molecule has 174 valence electrons. The van der Waals surface area contributed by atoms with Crippen LogP contribution in [-0.2, 0) is 29.4 Å². The number of primary amides is 1. The molecule has 0 spiro atoms. The van der Waals surface area contributed by atoms with Gasteiger partial charge in [-0.3, -0.25) is 14.3 Å². The molecule has 5 rings (SSSR count). The highest BCUT2D eigenvalue weighted by Crippen LogP contribution is 2.38. The number of nitrogens with one attached hydrogen (secondary N) is 1. The number of hydrogen-bond donors (Lipinski definition) is 2. The molecule has 4 aromatic rings. The van der Waals surface area contributed by atoms with Crippen LogP contribution >= 0.6 is 22.7 Å². The van der Waals surface area contributed by atoms with Gasteiger partial charge >= 0.3 is 5.97 Å². The van der Waals surface area contributed by atoms with Crippen molar-refractivity contribution in [2.75, 3.05) is 11.9 Å². The fourth-order valence-electron chi connectivity index (χ4n) is 4.28. The molecule has 0 bridgehead atoms. The second-order valence-corrected chi connectivity index (χ2v) is 10.0. The van der Waals surface area contributed by atoms with Crippen molar-refractivity contribution in [3.05, 3.63) is 50.8 Å². The number of aromatic nitrogens is 3. The van der Waals surface area contributed by atoms with Gasteiger partial charge in [0.15, 0.2) is 12.3 Å². The van der Waals surface area contributed by atoms with Crippen molar-refractivity contribution in [2.24, 2.45) is 12.8 Å². The van der Waals surface area contributed by atoms with E-state index < -0.39 is 24.4 Å². The highest BCUT2D eigenvalue weighted by atomic mass is 32.1. The summed E-state index contributed by atoms with van der Waals surface area (Å²) in [4.78, 5) is 44.2. The Morgan fingerprint density at radius 3 is 2.85 bits per heavy atom. The largest absolute Gasteiger partial charge is 0.452 e. The van der Waals surface area contributed by atoms with Crippen molar-refractivity contribution in [2.45, 2.75) is 26.2 Å². The van der Waals surface area contributed by atoms with Crippen molar-refractivity contribution >= 4 is 56.5 Å². The molecule has 3 N–H and O–H groups in total. The maximum absolute atomic E-state index is 13.1. The van der Waals surface area contributed by atoms with E-state index in [4.69, 9.17) is 10.5 Å². The molecule has 9 nitrogen and oxygen atoms in total. The van der Waals surface area contributed by atoms with Crippen LogP contribution in [0, 0.1) is 6.92 Å². The number of nitrogens with zero attached hydrogens (tertiary/aromatic N) is 3. The van der Waals surface area contributed by atoms with Gasteiger partial charge in [0, 0.05) is 11.9 Å². The number of thiophene rings is 2. The van der Waals surface area contributed by atoms with Crippen LogP contribution in [0.2, 0.25) is 0 Å². The van der Waals surface area contributed by atoms with Gasteiger partial charge in [0.05, 0.1) is 32.8 Å². The molecule has 0 radical (unpaired) electrons. The molecule has 34 heavy (non-hydrogen) atoms. The van der Waals surface area contributed by atoms with E-state index in [1.165, 1.54) is 22.7 Å². The van der Waals surface area contributed by atoms with Gasteiger partial charge in [-0.05, 0) is 49.3 Å². The minimum absolute atomic E-state index is 0.291. The average molecular weight is 496 g/mol. The molecule has 1 aliphatic carbocycles. The van der Waals surface area contributed by atoms with Crippen LogP contribution in [0.1, 0.15) is 43.3 Å². The summed E-state index contributed by atoms with van der Waals surface area (Å²) < 4.78 is 6.98. The fourth-order valence-corrected chi connectivity index (χ4v) is 6.28. The predicted octanol–water partition coefficient (Wildman–Crippen LogP) is 3.45. The summed E-state index contributed by atoms with van der Waals surface area (Å²) in [7, 11) is 1.76. The van der Waals surface area contributed by atoms with Crippen molar-refractivity contribution in [1.82, 2.24) is 14.8 Å². The van der Waals surface area contributed by atoms with Crippen LogP contribution in [0.5, 0.6) is 0 Å². The number of hydrogen-bond acceptors (Lipinski definition) is 8. The van der Waals surface area contributed by atoms with Gasteiger partial charge in [0.1, 0.15) is 5.00 Å². The average Bonchev–Trinajstić information content (AvgIpc) is 3.57. The zero-order valence-electron chi connectivity index (χ0n) is 18.5. The number of nitrogens with two attached hydrogens (primary N) is 1. The summed E-state index contributed by atoms with van der Waals surface area (Å²) >= 11 is 2.86. The number of ether oxygens (including phenoxy) is 1. The van der Waals surface area contributed by atoms with E-state index in [0.29, 0.717) is 38.5 Å². The van der Waals surface area contributed by atoms with Gasteiger partial charge in [0.2, 0.25) is 0 Å². The summed E-state index contributed by atoms with van der Waals surface area (Å²) in [6.07, 6.45) is 2.60. The SMILES string of the molecule is Cc1nn(C)c2nc(-c3cccs3)cc(C(=O)OCC(=O)Nc3sc4c(c3C(N)=O)CCC4)c12. The number of aryl methyl sites for hydroxylation is 3. The second-order valence-electron chi connectivity index (χ2n) is 7.99. The van der Waals surface area contributed by atoms with Crippen LogP contribution in [0.4, 0.5) is 5.00 Å². The first-order valence-corrected chi connectivity index (χ1v) is 12.3. The smallest absolute Gasteiger partial charge is 0.339 e. The predicted molar refractivity (Wildman–Crippen MR) is 130 cm³/mol. The molecule has 0 saturated carbocycles. The third-order valence-corrected chi connectivity index (χ3v) is 7.82. The Morgan fingerprint density at radius 1 is 1.29 bits per heavy atom. The number of fused-ring (bicyclic) bond motifs is 2. The zero-order chi connectivity index (χ0) is 24.0. The Bertz CT molecular complexity index is 1450. The molecule has 4 aromatic heterocycles. The van der Waals surface area contributed by atoms with Crippen molar-refractivity contribution in [3.63, 3.8) is 0 Å². The number of amides is 2. The lowest BCUT2D eigenvalue weighted by Gasteiger charge is -2.09. The molecular weight excluding hydrogens is 474 g/mol. The van der Waals surface area contributed by atoms with Crippen molar-refractivity contribution in [3.8, 4) is 10.6 Å². The topological polar surface area (TPSA) is 129 Å². The van der Waals surface area contributed by atoms with E-state index in [-0.39, 0.29) is 0 Å². The summed E-state index contributed by atoms with van der Waals surface area (Å²) in [5.41, 5.74) is 8.93. The van der Waals surface area contributed by atoms with Crippen molar-refractivity contribution in [1.29, 1.82) is 0 Å². The number of anilines is 1. The second kappa shape index (κ2) is 8.65. The standard InChI is InChI=1S/C23H21N5O4S2/c1-11-18-13(9-14(16-7-4-8-33-16)25-21(18)28(2)27-11)23(31)32-10-17(29)26-22-19(20(24)30)12-5-3-6-15(12)34-22/h4,7-9H,3,5-6,10H2,1-2H3,(H2,24,30)(H,26,29). The summed E-state index contributed by atoms with van der Waals surface area (Å²) in [5.74, 6) is -1.76. The van der Waals surface area contributed by atoms with Gasteiger partial charge < -0.3 is 15.8 Å². The van der Waals surface area contributed by atoms with Crippen LogP contribution in [-0.4, -0.2) is 39.2 Å². The van der Waals surface area contributed by atoms with E-state index in [2.05, 4.69) is 15.4 Å². The highest BCUT2D eigenvalue weighted by molar-refractivity contribution is 7.17. The fraction of sp³-hybridized carbons (Fsp3) is 0.261. The van der Waals surface area contributed by atoms with E-state index in [0.717, 1.165) is 34.6 Å². The molecule has 4 heterocycles. The molecule has 0 atom stereocenters. The molecule has 0 fully saturated rings. The Morgan fingerprint density at radius 2 is 2.12 bits per heavy atom. The lowest BCUT2D eigenvalue weighted by molar-refractivity contribution is -0.119. The number of rotatable bonds is 6. The van der Waals surface area contributed by atoms with Gasteiger partial charge in [0.25, 0.3) is 11.8 Å². The minimum Gasteiger partial charge on any atom is -0.452 e. The lowest BCUT2D eigenvalue weighted by atomic mass is 10.1. The van der Waals surface area contributed by atoms with Crippen LogP contribution in [0.25, 0.3) is 21.6 Å². The quantitative estimate of drug-likeness (QED) is 0.394. The first-order valence-electron chi connectivity index (χ1n) is 10.6. The molecule has 0 unspecified atom stereocenters. The Balaban J connectivity index is 1.38. The van der Waals surface area contributed by atoms with Gasteiger partial charge in [-0.15, -0.1) is 22.7 Å². The Hall–Kier alpha value is -3.57. The van der Waals surface area contributed by atoms with Crippen LogP contribution < -0.4 is 11.1 Å². The normalized spacial score (nSPS) is 12.6. The lowest BCUT2D eigenvalue weighted by Crippen LogP contribution is -2.23. The monoisotopic (exact) mass is 495 g/mol. The maximum Gasteiger partial charge on any atom is 0.339 e. The number of pyridine rings is 1. The van der Waals surface area contributed by atoms with Gasteiger partial charge in [-0.25, -0.2) is 9.78 Å². The highest BCUT2D eigenvalue weighted by Gasteiger charge is 2.27. The van der Waals surface area contributed by atoms with Gasteiger partial charge in [-0.1, -0.05) is 6.07 Å². The number of carbonyl (C=O) groups excluding carboxylic acids is 3. The van der Waals surface area contributed by atoms with Crippen LogP contribution in [0.3, 0.4) is 0 Å². The molecular formula is C23H21N5O4S2. The minimum atomic E-state index is -0.653. The maximum atomic E-state index is 13.1. The summed E-state index contributed by atoms with van der Waals surface area (Å²) in [5, 5.41) is 10.00. The van der Waals surface area contributed by atoms with Crippen molar-refractivity contribution < 1.29 is 19.1 Å². The molecule has 1 aliphatic rings. The molecule has 0 saturated heterocycles. The van der Waals surface area contributed by atoms with E-state index in [1.807, 2.05) is 17.5 Å². The summed E-state index contributed by atoms with van der Waals surface area (Å²) in [6.45, 7) is 1.29. The third-order valence-electron chi connectivity index (χ3n) is 5.72. The number of esters is 1. The first-order chi connectivity index (χ1) is 16.3. The van der Waals surface area contributed by atoms with E-state index in [1.54, 1.807) is 24.7 Å². The van der Waals surface area contributed by atoms with E-state index in [9.17, 15) is 14.4 Å². The Labute approximate surface area is 202 Å². The summed E-state index contributed by atoms with van der Waals surface area (Å²) in [6, 6.07) is 5.49. The van der Waals surface area contributed by atoms with Gasteiger partial charge in [-0.2, -0.15) is 5.10 Å². The molecule has 0 aromatic carbocycles. The molecule has 11 heteroatoms. The number of carbonyl (C=O) groups is 3. The van der Waals surface area contributed by atoms with E-state index >= 15 is 0 Å². The molecule has 0 aliphatic heterocycles. The third kappa shape index (κ3) is 3.86. The molecule has 2 amide bonds. The first kappa shape index (κ1) is 22.2. The zero-order valence-corrected chi connectivity index (χ0v) is 20.1. The van der Waals surface area contributed by atoms with Crippen LogP contribution in [0.15, 0.2) is 23.6 Å².